The van der Waals surface area contributed by atoms with Crippen LogP contribution in [0.15, 0.2) is 24.3 Å². The number of hydrogen-bond acceptors (Lipinski definition) is 4. The molecule has 0 fully saturated rings. The van der Waals surface area contributed by atoms with Gasteiger partial charge in [0.25, 0.3) is 0 Å². The molecule has 3 N–H and O–H groups in total. The summed E-state index contributed by atoms with van der Waals surface area (Å²) in [5.41, 5.74) is 0.637. The lowest BCUT2D eigenvalue weighted by atomic mass is 10.3. The van der Waals surface area contributed by atoms with E-state index in [-0.39, 0.29) is 12.5 Å². The molecule has 1 amide bonds. The largest absolute Gasteiger partial charge is 0.494 e. The van der Waals surface area contributed by atoms with Crippen LogP contribution in [0.1, 0.15) is 13.8 Å². The second-order valence-corrected chi connectivity index (χ2v) is 3.95. The van der Waals surface area contributed by atoms with Gasteiger partial charge in [0.1, 0.15) is 11.8 Å². The third-order valence-electron chi connectivity index (χ3n) is 2.39. The van der Waals surface area contributed by atoms with Crippen molar-refractivity contribution in [1.82, 2.24) is 5.32 Å². The Kier molecular flexibility index (Phi) is 5.81. The molecule has 19 heavy (non-hydrogen) atoms. The van der Waals surface area contributed by atoms with E-state index in [1.807, 2.05) is 6.92 Å². The van der Waals surface area contributed by atoms with E-state index in [0.717, 1.165) is 5.75 Å². The molecule has 6 nitrogen and oxygen atoms in total. The van der Waals surface area contributed by atoms with E-state index in [2.05, 4.69) is 10.6 Å². The van der Waals surface area contributed by atoms with Crippen molar-refractivity contribution in [1.29, 1.82) is 0 Å². The lowest BCUT2D eigenvalue weighted by Crippen LogP contribution is -2.39. The molecule has 0 spiro atoms. The second kappa shape index (κ2) is 7.38. The van der Waals surface area contributed by atoms with Gasteiger partial charge in [-0.1, -0.05) is 0 Å². The van der Waals surface area contributed by atoms with Crippen LogP contribution in [0.25, 0.3) is 0 Å². The third-order valence-corrected chi connectivity index (χ3v) is 2.39. The molecular weight excluding hydrogens is 248 g/mol. The van der Waals surface area contributed by atoms with Crippen LogP contribution >= 0.6 is 0 Å². The van der Waals surface area contributed by atoms with Crippen LogP contribution in [-0.2, 0) is 9.59 Å². The van der Waals surface area contributed by atoms with Gasteiger partial charge in [0.2, 0.25) is 5.91 Å². The first-order valence-corrected chi connectivity index (χ1v) is 6.01. The summed E-state index contributed by atoms with van der Waals surface area (Å²) in [6.07, 6.45) is 0. The van der Waals surface area contributed by atoms with E-state index in [1.54, 1.807) is 24.3 Å². The number of carbonyl (C=O) groups is 2. The van der Waals surface area contributed by atoms with Crippen molar-refractivity contribution >= 4 is 17.6 Å². The van der Waals surface area contributed by atoms with Gasteiger partial charge in [-0.3, -0.25) is 14.9 Å². The Morgan fingerprint density at radius 3 is 2.47 bits per heavy atom. The van der Waals surface area contributed by atoms with Gasteiger partial charge in [-0.15, -0.1) is 0 Å². The lowest BCUT2D eigenvalue weighted by Gasteiger charge is -2.10. The van der Waals surface area contributed by atoms with Gasteiger partial charge < -0.3 is 15.2 Å². The fourth-order valence-electron chi connectivity index (χ4n) is 1.34. The molecule has 1 aromatic carbocycles. The summed E-state index contributed by atoms with van der Waals surface area (Å²) in [4.78, 5) is 22.1. The van der Waals surface area contributed by atoms with Gasteiger partial charge >= 0.3 is 5.97 Å². The summed E-state index contributed by atoms with van der Waals surface area (Å²) in [6, 6.07) is 6.21. The van der Waals surface area contributed by atoms with Crippen molar-refractivity contribution in [3.8, 4) is 5.75 Å². The zero-order valence-electron chi connectivity index (χ0n) is 11.0. The van der Waals surface area contributed by atoms with Crippen molar-refractivity contribution in [2.45, 2.75) is 19.9 Å². The van der Waals surface area contributed by atoms with Crippen LogP contribution in [0.2, 0.25) is 0 Å². The fraction of sp³-hybridized carbons (Fsp3) is 0.385. The number of carbonyl (C=O) groups excluding carboxylic acids is 1. The van der Waals surface area contributed by atoms with E-state index in [0.29, 0.717) is 12.3 Å². The van der Waals surface area contributed by atoms with Gasteiger partial charge in [-0.2, -0.15) is 0 Å². The van der Waals surface area contributed by atoms with Crippen LogP contribution in [0, 0.1) is 0 Å². The van der Waals surface area contributed by atoms with Crippen LogP contribution in [0.3, 0.4) is 0 Å². The first-order valence-electron chi connectivity index (χ1n) is 6.01. The Balaban J connectivity index is 2.41. The first kappa shape index (κ1) is 15.0. The van der Waals surface area contributed by atoms with Crippen molar-refractivity contribution in [3.05, 3.63) is 24.3 Å². The number of amides is 1. The number of carboxylic acids is 1. The van der Waals surface area contributed by atoms with Crippen molar-refractivity contribution in [3.63, 3.8) is 0 Å². The third kappa shape index (κ3) is 5.39. The molecule has 0 bridgehead atoms. The molecule has 0 saturated carbocycles. The molecule has 0 aliphatic rings. The topological polar surface area (TPSA) is 87.7 Å². The number of benzene rings is 1. The minimum atomic E-state index is -0.992. The predicted molar refractivity (Wildman–Crippen MR) is 71.3 cm³/mol. The van der Waals surface area contributed by atoms with E-state index < -0.39 is 12.0 Å². The summed E-state index contributed by atoms with van der Waals surface area (Å²) >= 11 is 0. The van der Waals surface area contributed by atoms with Crippen LogP contribution in [0.4, 0.5) is 5.69 Å². The molecule has 0 heterocycles. The van der Waals surface area contributed by atoms with E-state index >= 15 is 0 Å². The maximum Gasteiger partial charge on any atom is 0.320 e. The van der Waals surface area contributed by atoms with Gasteiger partial charge in [0.15, 0.2) is 0 Å². The number of aliphatic carboxylic acids is 1. The molecule has 1 aromatic rings. The minimum Gasteiger partial charge on any atom is -0.494 e. The standard InChI is InChI=1S/C13H18N2O4/c1-3-19-11-6-4-10(5-7-11)15-12(16)8-14-9(2)13(17)18/h4-7,9,14H,3,8H2,1-2H3,(H,15,16)(H,17,18)/t9-/m0/s1. The van der Waals surface area contributed by atoms with E-state index in [4.69, 9.17) is 9.84 Å². The average Bonchev–Trinajstić information content (AvgIpc) is 2.38. The van der Waals surface area contributed by atoms with Crippen molar-refractivity contribution in [2.24, 2.45) is 0 Å². The summed E-state index contributed by atoms with van der Waals surface area (Å²) in [5.74, 6) is -0.552. The van der Waals surface area contributed by atoms with Crippen LogP contribution in [0.5, 0.6) is 5.75 Å². The molecular formula is C13H18N2O4. The normalized spacial score (nSPS) is 11.7. The summed E-state index contributed by atoms with van der Waals surface area (Å²) in [5, 5.41) is 13.9. The van der Waals surface area contributed by atoms with Crippen LogP contribution in [-0.4, -0.2) is 36.2 Å². The second-order valence-electron chi connectivity index (χ2n) is 3.95. The average molecular weight is 266 g/mol. The molecule has 104 valence electrons. The SMILES string of the molecule is CCOc1ccc(NC(=O)CN[C@@H](C)C(=O)O)cc1. The number of nitrogens with one attached hydrogen (secondary N) is 2. The summed E-state index contributed by atoms with van der Waals surface area (Å²) in [7, 11) is 0. The fourth-order valence-corrected chi connectivity index (χ4v) is 1.34. The molecule has 0 aliphatic heterocycles. The van der Waals surface area contributed by atoms with E-state index in [9.17, 15) is 9.59 Å². The highest BCUT2D eigenvalue weighted by molar-refractivity contribution is 5.92. The number of carboxylic acid groups (broad SMARTS) is 1. The number of anilines is 1. The monoisotopic (exact) mass is 266 g/mol. The molecule has 1 atom stereocenters. The Hall–Kier alpha value is -2.08. The van der Waals surface area contributed by atoms with E-state index in [1.165, 1.54) is 6.92 Å². The number of hydrogen-bond donors (Lipinski definition) is 3. The lowest BCUT2D eigenvalue weighted by molar-refractivity contribution is -0.139. The maximum absolute atomic E-state index is 11.6. The van der Waals surface area contributed by atoms with Gasteiger partial charge in [0, 0.05) is 5.69 Å². The Morgan fingerprint density at radius 2 is 1.95 bits per heavy atom. The first-order chi connectivity index (χ1) is 9.02. The molecule has 0 radical (unpaired) electrons. The van der Waals surface area contributed by atoms with Crippen molar-refractivity contribution < 1.29 is 19.4 Å². The molecule has 1 rings (SSSR count). The molecule has 0 aliphatic carbocycles. The van der Waals surface area contributed by atoms with Crippen molar-refractivity contribution in [2.75, 3.05) is 18.5 Å². The molecule has 6 heteroatoms. The number of ether oxygens (including phenoxy) is 1. The highest BCUT2D eigenvalue weighted by atomic mass is 16.5. The minimum absolute atomic E-state index is 0.0549. The van der Waals surface area contributed by atoms with Gasteiger partial charge in [0.05, 0.1) is 13.2 Å². The van der Waals surface area contributed by atoms with Gasteiger partial charge in [-0.05, 0) is 38.1 Å². The summed E-state index contributed by atoms with van der Waals surface area (Å²) in [6.45, 7) is 3.90. The quantitative estimate of drug-likeness (QED) is 0.687. The summed E-state index contributed by atoms with van der Waals surface area (Å²) < 4.78 is 5.28. The Labute approximate surface area is 111 Å². The number of rotatable bonds is 7. The molecule has 0 saturated heterocycles. The Bertz CT molecular complexity index is 431. The molecule has 0 aromatic heterocycles. The van der Waals surface area contributed by atoms with Gasteiger partial charge in [-0.25, -0.2) is 0 Å². The van der Waals surface area contributed by atoms with Crippen LogP contribution < -0.4 is 15.4 Å². The predicted octanol–water partition coefficient (Wildman–Crippen LogP) is 1.09. The maximum atomic E-state index is 11.6. The highest BCUT2D eigenvalue weighted by Gasteiger charge is 2.11. The highest BCUT2D eigenvalue weighted by Crippen LogP contribution is 2.15. The molecule has 0 unspecified atom stereocenters. The zero-order valence-corrected chi connectivity index (χ0v) is 11.0. The zero-order chi connectivity index (χ0) is 14.3. The smallest absolute Gasteiger partial charge is 0.320 e. The Morgan fingerprint density at radius 1 is 1.32 bits per heavy atom.